The molecule has 0 saturated carbocycles. The van der Waals surface area contributed by atoms with E-state index in [9.17, 15) is 14.5 Å². The van der Waals surface area contributed by atoms with Gasteiger partial charge in [0, 0.05) is 0 Å². The lowest BCUT2D eigenvalue weighted by atomic mass is 10.1. The van der Waals surface area contributed by atoms with Gasteiger partial charge in [0.1, 0.15) is 17.3 Å². The standard InChI is InChI=1S/C13H13FN2O3/c1-8-6-11(12(16(17)18)7-10(8)14)15-9(2)13-4-3-5-19-13/h3-7,9,15H,1-2H3. The fourth-order valence-corrected chi connectivity index (χ4v) is 1.78. The van der Waals surface area contributed by atoms with Crippen molar-refractivity contribution in [2.24, 2.45) is 0 Å². The Morgan fingerprint density at radius 2 is 2.21 bits per heavy atom. The zero-order chi connectivity index (χ0) is 14.0. The molecule has 0 amide bonds. The van der Waals surface area contributed by atoms with Gasteiger partial charge >= 0.3 is 0 Å². The van der Waals surface area contributed by atoms with E-state index in [4.69, 9.17) is 4.42 Å². The van der Waals surface area contributed by atoms with Gasteiger partial charge in [0.05, 0.1) is 23.3 Å². The predicted octanol–water partition coefficient (Wildman–Crippen LogP) is 3.81. The third kappa shape index (κ3) is 2.73. The minimum absolute atomic E-state index is 0.251. The monoisotopic (exact) mass is 264 g/mol. The molecule has 0 fully saturated rings. The third-order valence-electron chi connectivity index (χ3n) is 2.82. The smallest absolute Gasteiger partial charge is 0.295 e. The highest BCUT2D eigenvalue weighted by molar-refractivity contribution is 5.63. The molecule has 0 aliphatic heterocycles. The number of benzene rings is 1. The largest absolute Gasteiger partial charge is 0.467 e. The quantitative estimate of drug-likeness (QED) is 0.673. The molecule has 0 spiro atoms. The summed E-state index contributed by atoms with van der Waals surface area (Å²) in [6.45, 7) is 3.36. The summed E-state index contributed by atoms with van der Waals surface area (Å²) in [6.07, 6.45) is 1.53. The second-order valence-electron chi connectivity index (χ2n) is 4.26. The Kier molecular flexibility index (Phi) is 3.50. The number of furan rings is 1. The van der Waals surface area contributed by atoms with E-state index in [1.807, 2.05) is 0 Å². The average molecular weight is 264 g/mol. The van der Waals surface area contributed by atoms with Crippen LogP contribution >= 0.6 is 0 Å². The van der Waals surface area contributed by atoms with Crippen molar-refractivity contribution in [2.45, 2.75) is 19.9 Å². The van der Waals surface area contributed by atoms with Crippen LogP contribution in [0, 0.1) is 22.9 Å². The van der Waals surface area contributed by atoms with E-state index in [2.05, 4.69) is 5.32 Å². The lowest BCUT2D eigenvalue weighted by Gasteiger charge is -2.13. The first kappa shape index (κ1) is 13.1. The van der Waals surface area contributed by atoms with Gasteiger partial charge < -0.3 is 9.73 Å². The van der Waals surface area contributed by atoms with E-state index >= 15 is 0 Å². The van der Waals surface area contributed by atoms with Crippen LogP contribution < -0.4 is 5.32 Å². The van der Waals surface area contributed by atoms with Crippen LogP contribution in [0.2, 0.25) is 0 Å². The molecule has 100 valence electrons. The van der Waals surface area contributed by atoms with Crippen molar-refractivity contribution >= 4 is 11.4 Å². The van der Waals surface area contributed by atoms with Gasteiger partial charge in [-0.15, -0.1) is 0 Å². The molecule has 0 radical (unpaired) electrons. The van der Waals surface area contributed by atoms with Crippen LogP contribution in [0.5, 0.6) is 0 Å². The molecule has 5 nitrogen and oxygen atoms in total. The normalized spacial score (nSPS) is 12.2. The molecule has 0 saturated heterocycles. The van der Waals surface area contributed by atoms with Crippen molar-refractivity contribution in [1.29, 1.82) is 0 Å². The molecule has 0 aliphatic carbocycles. The van der Waals surface area contributed by atoms with E-state index in [1.165, 1.54) is 12.3 Å². The molecule has 6 heteroatoms. The van der Waals surface area contributed by atoms with E-state index in [0.717, 1.165) is 6.07 Å². The van der Waals surface area contributed by atoms with Crippen molar-refractivity contribution in [3.63, 3.8) is 0 Å². The minimum Gasteiger partial charge on any atom is -0.467 e. The maximum atomic E-state index is 13.4. The summed E-state index contributed by atoms with van der Waals surface area (Å²) in [4.78, 5) is 10.3. The highest BCUT2D eigenvalue weighted by atomic mass is 19.1. The van der Waals surface area contributed by atoms with Crippen LogP contribution in [0.25, 0.3) is 0 Å². The average Bonchev–Trinajstić information content (AvgIpc) is 2.86. The Labute approximate surface area is 109 Å². The summed E-state index contributed by atoms with van der Waals surface area (Å²) in [6, 6.07) is 5.59. The number of hydrogen-bond acceptors (Lipinski definition) is 4. The van der Waals surface area contributed by atoms with Gasteiger partial charge in [-0.1, -0.05) is 0 Å². The number of anilines is 1. The molecular formula is C13H13FN2O3. The maximum absolute atomic E-state index is 13.4. The second kappa shape index (κ2) is 5.09. The number of rotatable bonds is 4. The van der Waals surface area contributed by atoms with Crippen LogP contribution in [-0.2, 0) is 0 Å². The Hall–Kier alpha value is -2.37. The maximum Gasteiger partial charge on any atom is 0.295 e. The van der Waals surface area contributed by atoms with Crippen molar-refractivity contribution in [3.8, 4) is 0 Å². The second-order valence-corrected chi connectivity index (χ2v) is 4.26. The number of aryl methyl sites for hydroxylation is 1. The summed E-state index contributed by atoms with van der Waals surface area (Å²) in [5.41, 5.74) is 0.328. The molecule has 1 aromatic carbocycles. The molecule has 2 aromatic rings. The molecule has 0 bridgehead atoms. The van der Waals surface area contributed by atoms with E-state index in [1.54, 1.807) is 26.0 Å². The molecule has 1 aromatic heterocycles. The summed E-state index contributed by atoms with van der Waals surface area (Å²) < 4.78 is 18.6. The molecule has 0 aliphatic rings. The fourth-order valence-electron chi connectivity index (χ4n) is 1.78. The van der Waals surface area contributed by atoms with Crippen molar-refractivity contribution in [1.82, 2.24) is 0 Å². The lowest BCUT2D eigenvalue weighted by Crippen LogP contribution is -2.08. The van der Waals surface area contributed by atoms with Crippen LogP contribution in [0.15, 0.2) is 34.9 Å². The van der Waals surface area contributed by atoms with Crippen LogP contribution in [0.3, 0.4) is 0 Å². The van der Waals surface area contributed by atoms with Gasteiger partial charge in [-0.05, 0) is 37.6 Å². The van der Waals surface area contributed by atoms with Gasteiger partial charge in [-0.3, -0.25) is 10.1 Å². The van der Waals surface area contributed by atoms with E-state index in [0.29, 0.717) is 11.3 Å². The number of nitro benzene ring substituents is 1. The van der Waals surface area contributed by atoms with E-state index in [-0.39, 0.29) is 17.4 Å². The number of hydrogen-bond donors (Lipinski definition) is 1. The molecule has 1 heterocycles. The Bertz CT molecular complexity index is 596. The van der Waals surface area contributed by atoms with Gasteiger partial charge in [-0.25, -0.2) is 4.39 Å². The Morgan fingerprint density at radius 3 is 2.79 bits per heavy atom. The van der Waals surface area contributed by atoms with Gasteiger partial charge in [0.25, 0.3) is 5.69 Å². The van der Waals surface area contributed by atoms with Crippen LogP contribution in [0.1, 0.15) is 24.3 Å². The van der Waals surface area contributed by atoms with Gasteiger partial charge in [-0.2, -0.15) is 0 Å². The molecular weight excluding hydrogens is 251 g/mol. The van der Waals surface area contributed by atoms with Crippen molar-refractivity contribution in [3.05, 3.63) is 57.8 Å². The fraction of sp³-hybridized carbons (Fsp3) is 0.231. The highest BCUT2D eigenvalue weighted by Crippen LogP contribution is 2.30. The molecule has 2 rings (SSSR count). The summed E-state index contributed by atoms with van der Waals surface area (Å²) in [5, 5.41) is 13.9. The molecule has 1 atom stereocenters. The van der Waals surface area contributed by atoms with Crippen molar-refractivity contribution in [2.75, 3.05) is 5.32 Å². The minimum atomic E-state index is -0.611. The van der Waals surface area contributed by atoms with Crippen molar-refractivity contribution < 1.29 is 13.7 Å². The van der Waals surface area contributed by atoms with Crippen LogP contribution in [0.4, 0.5) is 15.8 Å². The highest BCUT2D eigenvalue weighted by Gasteiger charge is 2.19. The summed E-state index contributed by atoms with van der Waals surface area (Å²) in [5.74, 6) is 0.0548. The number of halogens is 1. The molecule has 1 unspecified atom stereocenters. The number of nitro groups is 1. The first-order valence-corrected chi connectivity index (χ1v) is 5.73. The predicted molar refractivity (Wildman–Crippen MR) is 68.5 cm³/mol. The zero-order valence-electron chi connectivity index (χ0n) is 10.5. The number of nitrogens with one attached hydrogen (secondary N) is 1. The Morgan fingerprint density at radius 1 is 1.47 bits per heavy atom. The number of nitrogens with zero attached hydrogens (tertiary/aromatic N) is 1. The van der Waals surface area contributed by atoms with Crippen LogP contribution in [-0.4, -0.2) is 4.92 Å². The summed E-state index contributed by atoms with van der Waals surface area (Å²) >= 11 is 0. The first-order valence-electron chi connectivity index (χ1n) is 5.73. The SMILES string of the molecule is Cc1cc(NC(C)c2ccco2)c([N+](=O)[O-])cc1F. The topological polar surface area (TPSA) is 68.3 Å². The van der Waals surface area contributed by atoms with Gasteiger partial charge in [0.15, 0.2) is 0 Å². The van der Waals surface area contributed by atoms with E-state index < -0.39 is 10.7 Å². The Balaban J connectivity index is 2.33. The third-order valence-corrected chi connectivity index (χ3v) is 2.82. The summed E-state index contributed by atoms with van der Waals surface area (Å²) in [7, 11) is 0. The lowest BCUT2D eigenvalue weighted by molar-refractivity contribution is -0.384. The van der Waals surface area contributed by atoms with Gasteiger partial charge in [0.2, 0.25) is 0 Å². The molecule has 19 heavy (non-hydrogen) atoms. The zero-order valence-corrected chi connectivity index (χ0v) is 10.5. The molecule has 1 N–H and O–H groups in total. The first-order chi connectivity index (χ1) is 8.99.